The Morgan fingerprint density at radius 1 is 1.11 bits per heavy atom. The van der Waals surface area contributed by atoms with Crippen molar-refractivity contribution in [2.75, 3.05) is 24.6 Å². The van der Waals surface area contributed by atoms with Crippen molar-refractivity contribution in [3.8, 4) is 0 Å². The smallest absolute Gasteiger partial charge is 0.248 e. The third-order valence-corrected chi connectivity index (χ3v) is 11.4. The van der Waals surface area contributed by atoms with Gasteiger partial charge in [-0.3, -0.25) is 14.4 Å². The van der Waals surface area contributed by atoms with Crippen LogP contribution in [0, 0.1) is 23.7 Å². The van der Waals surface area contributed by atoms with Crippen LogP contribution in [0.1, 0.15) is 72.6 Å². The van der Waals surface area contributed by atoms with Crippen LogP contribution in [0.3, 0.4) is 0 Å². The van der Waals surface area contributed by atoms with Gasteiger partial charge in [0, 0.05) is 24.8 Å². The molecule has 3 aliphatic heterocycles. The molecule has 0 aromatic heterocycles. The molecule has 8 heteroatoms. The van der Waals surface area contributed by atoms with Gasteiger partial charge in [-0.15, -0.1) is 13.2 Å². The number of carbonyl (C=O) groups is 3. The number of nitrogens with zero attached hydrogens (tertiary/aromatic N) is 3. The molecule has 3 amide bonds. The molecule has 5 rings (SSSR count). The van der Waals surface area contributed by atoms with Gasteiger partial charge in [-0.25, -0.2) is 0 Å². The van der Waals surface area contributed by atoms with E-state index in [0.717, 1.165) is 44.2 Å². The summed E-state index contributed by atoms with van der Waals surface area (Å²) in [6.45, 7) is 16.3. The van der Waals surface area contributed by atoms with E-state index in [4.69, 9.17) is 4.74 Å². The summed E-state index contributed by atoms with van der Waals surface area (Å²) in [4.78, 5) is 49.9. The SMILES string of the molecule is C=CCN(C(=O)[C@@H]1[C@H]2C(=O)N([C@@H](CO)[C@@H](C)CC)C(C(=O)N(CC=C)C3CCCCC3)C23CC(C)[C@@]1(C)O3)c1ccccc1. The predicted octanol–water partition coefficient (Wildman–Crippen LogP) is 4.97. The molecule has 3 unspecified atom stereocenters. The van der Waals surface area contributed by atoms with Gasteiger partial charge >= 0.3 is 0 Å². The summed E-state index contributed by atoms with van der Waals surface area (Å²) in [7, 11) is 0. The van der Waals surface area contributed by atoms with Crippen LogP contribution in [0.5, 0.6) is 0 Å². The van der Waals surface area contributed by atoms with Crippen molar-refractivity contribution in [2.45, 2.75) is 102 Å². The lowest BCUT2D eigenvalue weighted by atomic mass is 9.62. The van der Waals surface area contributed by atoms with Gasteiger partial charge in [-0.2, -0.15) is 0 Å². The molecule has 8 atom stereocenters. The zero-order chi connectivity index (χ0) is 31.8. The lowest BCUT2D eigenvalue weighted by molar-refractivity contribution is -0.158. The molecule has 1 saturated carbocycles. The van der Waals surface area contributed by atoms with Crippen molar-refractivity contribution in [1.82, 2.24) is 9.80 Å². The van der Waals surface area contributed by atoms with Crippen LogP contribution in [-0.2, 0) is 19.1 Å². The average molecular weight is 606 g/mol. The molecule has 0 radical (unpaired) electrons. The molecule has 3 heterocycles. The molecule has 1 aromatic rings. The second-order valence-corrected chi connectivity index (χ2v) is 13.7. The number of benzene rings is 1. The summed E-state index contributed by atoms with van der Waals surface area (Å²) in [6.07, 6.45) is 9.76. The number of anilines is 1. The molecule has 3 saturated heterocycles. The lowest BCUT2D eigenvalue weighted by Gasteiger charge is -2.43. The fourth-order valence-electron chi connectivity index (χ4n) is 8.84. The maximum Gasteiger partial charge on any atom is 0.248 e. The Morgan fingerprint density at radius 3 is 2.36 bits per heavy atom. The topological polar surface area (TPSA) is 90.4 Å². The quantitative estimate of drug-likeness (QED) is 0.340. The highest BCUT2D eigenvalue weighted by molar-refractivity contribution is 6.03. The Hall–Kier alpha value is -2.97. The van der Waals surface area contributed by atoms with Crippen LogP contribution in [0.2, 0.25) is 0 Å². The monoisotopic (exact) mass is 605 g/mol. The number of amides is 3. The van der Waals surface area contributed by atoms with Crippen molar-refractivity contribution in [3.63, 3.8) is 0 Å². The van der Waals surface area contributed by atoms with Gasteiger partial charge in [-0.05, 0) is 50.2 Å². The zero-order valence-corrected chi connectivity index (χ0v) is 27.0. The van der Waals surface area contributed by atoms with Crippen LogP contribution in [0.25, 0.3) is 0 Å². The van der Waals surface area contributed by atoms with Crippen molar-refractivity contribution in [2.24, 2.45) is 23.7 Å². The molecule has 8 nitrogen and oxygen atoms in total. The lowest BCUT2D eigenvalue weighted by Crippen LogP contribution is -2.61. The molecular formula is C36H51N3O5. The van der Waals surface area contributed by atoms with Gasteiger partial charge in [0.25, 0.3) is 0 Å². The van der Waals surface area contributed by atoms with E-state index in [2.05, 4.69) is 20.1 Å². The molecule has 2 bridgehead atoms. The van der Waals surface area contributed by atoms with E-state index in [1.807, 2.05) is 56.0 Å². The summed E-state index contributed by atoms with van der Waals surface area (Å²) >= 11 is 0. The Kier molecular flexibility index (Phi) is 9.43. The van der Waals surface area contributed by atoms with Crippen molar-refractivity contribution >= 4 is 23.4 Å². The highest BCUT2D eigenvalue weighted by atomic mass is 16.5. The van der Waals surface area contributed by atoms with E-state index in [9.17, 15) is 14.7 Å². The largest absolute Gasteiger partial charge is 0.394 e. The van der Waals surface area contributed by atoms with E-state index in [1.54, 1.807) is 22.0 Å². The number of aliphatic hydroxyl groups excluding tert-OH is 1. The second kappa shape index (κ2) is 12.8. The third-order valence-electron chi connectivity index (χ3n) is 11.4. The molecule has 4 aliphatic rings. The van der Waals surface area contributed by atoms with Gasteiger partial charge in [0.2, 0.25) is 17.7 Å². The number of hydrogen-bond acceptors (Lipinski definition) is 5. The highest BCUT2D eigenvalue weighted by Gasteiger charge is 2.80. The van der Waals surface area contributed by atoms with Crippen LogP contribution < -0.4 is 4.90 Å². The van der Waals surface area contributed by atoms with E-state index in [0.29, 0.717) is 13.0 Å². The number of rotatable bonds is 12. The van der Waals surface area contributed by atoms with E-state index >= 15 is 4.79 Å². The Balaban J connectivity index is 1.64. The zero-order valence-electron chi connectivity index (χ0n) is 27.0. The number of fused-ring (bicyclic) bond motifs is 1. The van der Waals surface area contributed by atoms with Gasteiger partial charge in [-0.1, -0.05) is 76.8 Å². The summed E-state index contributed by atoms with van der Waals surface area (Å²) < 4.78 is 7.05. The predicted molar refractivity (Wildman–Crippen MR) is 172 cm³/mol. The molecule has 1 aliphatic carbocycles. The minimum absolute atomic E-state index is 0.0574. The standard InChI is InChI=1S/C36H51N3O5/c1-7-20-37(26-16-12-10-13-17-26)32(41)29-30-33(42)39(28(23-40)24(4)9-3)31(36(30)22-25(5)35(29,6)44-36)34(43)38(21-8-2)27-18-14-11-15-19-27/h7-8,10,12-13,16-17,24-25,27-31,40H,1-2,9,11,14-15,18-23H2,3-6H3/t24-,25?,28-,29-,30-,31?,35+,36?/m0/s1. The maximum atomic E-state index is 15.0. The molecule has 1 N–H and O–H groups in total. The van der Waals surface area contributed by atoms with Crippen LogP contribution in [-0.4, -0.2) is 81.7 Å². The molecule has 240 valence electrons. The Bertz CT molecular complexity index is 1250. The van der Waals surface area contributed by atoms with Crippen LogP contribution in [0.4, 0.5) is 5.69 Å². The average Bonchev–Trinajstić information content (AvgIpc) is 3.55. The van der Waals surface area contributed by atoms with Gasteiger partial charge in [0.1, 0.15) is 11.6 Å². The normalized spacial score (nSPS) is 32.7. The summed E-state index contributed by atoms with van der Waals surface area (Å²) in [5.74, 6) is -2.36. The van der Waals surface area contributed by atoms with E-state index < -0.39 is 35.1 Å². The van der Waals surface area contributed by atoms with E-state index in [-0.39, 0.29) is 48.8 Å². The van der Waals surface area contributed by atoms with Crippen molar-refractivity contribution < 1.29 is 24.2 Å². The minimum atomic E-state index is -1.17. The number of likely N-dealkylation sites (tertiary alicyclic amines) is 1. The van der Waals surface area contributed by atoms with Gasteiger partial charge in [0.15, 0.2) is 0 Å². The molecule has 4 fully saturated rings. The number of ether oxygens (including phenoxy) is 1. The van der Waals surface area contributed by atoms with Gasteiger partial charge < -0.3 is 24.5 Å². The first kappa shape index (κ1) is 32.4. The Labute approximate surface area is 263 Å². The van der Waals surface area contributed by atoms with Crippen molar-refractivity contribution in [1.29, 1.82) is 0 Å². The third kappa shape index (κ3) is 5.02. The maximum absolute atomic E-state index is 15.0. The fourth-order valence-corrected chi connectivity index (χ4v) is 8.84. The molecular weight excluding hydrogens is 554 g/mol. The minimum Gasteiger partial charge on any atom is -0.394 e. The van der Waals surface area contributed by atoms with Crippen molar-refractivity contribution in [3.05, 3.63) is 55.6 Å². The van der Waals surface area contributed by atoms with E-state index in [1.165, 1.54) is 0 Å². The highest BCUT2D eigenvalue weighted by Crippen LogP contribution is 2.66. The first-order valence-corrected chi connectivity index (χ1v) is 16.6. The Morgan fingerprint density at radius 2 is 1.77 bits per heavy atom. The first-order valence-electron chi connectivity index (χ1n) is 16.6. The van der Waals surface area contributed by atoms with Crippen LogP contribution in [0.15, 0.2) is 55.6 Å². The number of para-hydroxylation sites is 1. The number of hydrogen-bond donors (Lipinski definition) is 1. The second-order valence-electron chi connectivity index (χ2n) is 13.7. The molecule has 1 aromatic carbocycles. The molecule has 44 heavy (non-hydrogen) atoms. The summed E-state index contributed by atoms with van der Waals surface area (Å²) in [5.41, 5.74) is -1.38. The summed E-state index contributed by atoms with van der Waals surface area (Å²) in [6, 6.07) is 8.00. The number of carbonyl (C=O) groups excluding carboxylic acids is 3. The summed E-state index contributed by atoms with van der Waals surface area (Å²) in [5, 5.41) is 10.7. The van der Waals surface area contributed by atoms with Gasteiger partial charge in [0.05, 0.1) is 30.1 Å². The van der Waals surface area contributed by atoms with Crippen LogP contribution >= 0.6 is 0 Å². The molecule has 1 spiro atoms. The fraction of sp³-hybridized carbons (Fsp3) is 0.639. The number of aliphatic hydroxyl groups is 1. The first-order chi connectivity index (χ1) is 21.1.